The third-order valence-electron chi connectivity index (χ3n) is 3.54. The average molecular weight is 240 g/mol. The van der Waals surface area contributed by atoms with E-state index in [1.54, 1.807) is 0 Å². The number of morpholine rings is 1. The molecule has 96 valence electrons. The first kappa shape index (κ1) is 12.4. The summed E-state index contributed by atoms with van der Waals surface area (Å²) in [6.45, 7) is 5.19. The number of amides is 2. The first-order valence-electron chi connectivity index (χ1n) is 6.33. The van der Waals surface area contributed by atoms with Crippen LogP contribution in [0.3, 0.4) is 0 Å². The van der Waals surface area contributed by atoms with Crippen LogP contribution in [0.1, 0.15) is 26.2 Å². The lowest BCUT2D eigenvalue weighted by Crippen LogP contribution is -2.47. The Hall–Kier alpha value is -1.10. The van der Waals surface area contributed by atoms with Crippen molar-refractivity contribution < 1.29 is 14.3 Å². The first-order valence-corrected chi connectivity index (χ1v) is 6.33. The van der Waals surface area contributed by atoms with Gasteiger partial charge in [0.25, 0.3) is 0 Å². The Kier molecular flexibility index (Phi) is 3.99. The van der Waals surface area contributed by atoms with Crippen LogP contribution in [-0.2, 0) is 14.3 Å². The third-order valence-corrected chi connectivity index (χ3v) is 3.54. The molecule has 2 saturated heterocycles. The molecule has 5 heteroatoms. The van der Waals surface area contributed by atoms with E-state index in [1.165, 1.54) is 0 Å². The molecule has 0 bridgehead atoms. The maximum absolute atomic E-state index is 11.6. The summed E-state index contributed by atoms with van der Waals surface area (Å²) in [4.78, 5) is 26.8. The van der Waals surface area contributed by atoms with Crippen LogP contribution >= 0.6 is 0 Å². The molecule has 0 aromatic rings. The second kappa shape index (κ2) is 5.49. The van der Waals surface area contributed by atoms with Gasteiger partial charge >= 0.3 is 0 Å². The smallest absolute Gasteiger partial charge is 0.248 e. The van der Waals surface area contributed by atoms with Gasteiger partial charge in [-0.05, 0) is 19.8 Å². The minimum atomic E-state index is 0.0662. The van der Waals surface area contributed by atoms with Crippen molar-refractivity contribution in [2.45, 2.75) is 32.2 Å². The maximum atomic E-state index is 11.6. The molecule has 0 saturated carbocycles. The predicted octanol–water partition coefficient (Wildman–Crippen LogP) is 0.246. The second-order valence-electron chi connectivity index (χ2n) is 4.76. The molecule has 5 nitrogen and oxygen atoms in total. The molecule has 2 amide bonds. The molecule has 2 aliphatic heterocycles. The van der Waals surface area contributed by atoms with Crippen molar-refractivity contribution in [3.63, 3.8) is 0 Å². The minimum absolute atomic E-state index is 0.0662. The van der Waals surface area contributed by atoms with Gasteiger partial charge in [-0.15, -0.1) is 0 Å². The van der Waals surface area contributed by atoms with Gasteiger partial charge < -0.3 is 14.5 Å². The fourth-order valence-electron chi connectivity index (χ4n) is 2.44. The van der Waals surface area contributed by atoms with Crippen molar-refractivity contribution in [3.8, 4) is 0 Å². The maximum Gasteiger partial charge on any atom is 0.248 e. The van der Waals surface area contributed by atoms with Crippen LogP contribution in [-0.4, -0.2) is 60.5 Å². The number of hydrogen-bond donors (Lipinski definition) is 0. The number of likely N-dealkylation sites (tertiary alicyclic amines) is 1. The van der Waals surface area contributed by atoms with Gasteiger partial charge in [-0.2, -0.15) is 0 Å². The van der Waals surface area contributed by atoms with Crippen molar-refractivity contribution in [3.05, 3.63) is 0 Å². The van der Waals surface area contributed by atoms with E-state index in [4.69, 9.17) is 4.74 Å². The summed E-state index contributed by atoms with van der Waals surface area (Å²) in [5.41, 5.74) is 0. The third kappa shape index (κ3) is 2.97. The quantitative estimate of drug-likeness (QED) is 0.707. The molecule has 1 atom stereocenters. The fraction of sp³-hybridized carbons (Fsp3) is 0.833. The molecule has 2 heterocycles. The second-order valence-corrected chi connectivity index (χ2v) is 4.76. The zero-order valence-electron chi connectivity index (χ0n) is 10.4. The van der Waals surface area contributed by atoms with Crippen LogP contribution in [0.5, 0.6) is 0 Å². The first-order chi connectivity index (χ1) is 8.18. The van der Waals surface area contributed by atoms with Gasteiger partial charge in [0.1, 0.15) is 6.61 Å². The molecule has 0 spiro atoms. The highest BCUT2D eigenvalue weighted by atomic mass is 16.5. The Morgan fingerprint density at radius 1 is 1.29 bits per heavy atom. The standard InChI is InChI=1S/C12H20N2O3/c1-10(14-7-8-17-9-12(14)16)4-6-13-5-2-3-11(13)15/h10H,2-9H2,1H3. The molecule has 0 aromatic heterocycles. The number of hydrogen-bond acceptors (Lipinski definition) is 3. The highest BCUT2D eigenvalue weighted by Gasteiger charge is 2.25. The van der Waals surface area contributed by atoms with Crippen LogP contribution < -0.4 is 0 Å². The molecule has 1 unspecified atom stereocenters. The Labute approximate surface area is 102 Å². The number of carbonyl (C=O) groups excluding carboxylic acids is 2. The zero-order valence-corrected chi connectivity index (χ0v) is 10.4. The predicted molar refractivity (Wildman–Crippen MR) is 62.4 cm³/mol. The van der Waals surface area contributed by atoms with E-state index in [-0.39, 0.29) is 24.5 Å². The lowest BCUT2D eigenvalue weighted by Gasteiger charge is -2.33. The van der Waals surface area contributed by atoms with E-state index in [9.17, 15) is 9.59 Å². The van der Waals surface area contributed by atoms with Gasteiger partial charge in [0.15, 0.2) is 0 Å². The summed E-state index contributed by atoms with van der Waals surface area (Å²) < 4.78 is 5.10. The molecule has 17 heavy (non-hydrogen) atoms. The highest BCUT2D eigenvalue weighted by molar-refractivity contribution is 5.78. The lowest BCUT2D eigenvalue weighted by atomic mass is 10.2. The van der Waals surface area contributed by atoms with Gasteiger partial charge in [-0.25, -0.2) is 0 Å². The lowest BCUT2D eigenvalue weighted by molar-refractivity contribution is -0.145. The summed E-state index contributed by atoms with van der Waals surface area (Å²) in [5.74, 6) is 0.321. The van der Waals surface area contributed by atoms with E-state index in [0.717, 1.165) is 25.9 Å². The molecule has 0 radical (unpaired) electrons. The normalized spacial score (nSPS) is 23.4. The van der Waals surface area contributed by atoms with Gasteiger partial charge in [0.05, 0.1) is 6.61 Å². The minimum Gasteiger partial charge on any atom is -0.370 e. The molecule has 2 aliphatic rings. The fourth-order valence-corrected chi connectivity index (χ4v) is 2.44. The summed E-state index contributed by atoms with van der Waals surface area (Å²) in [5, 5.41) is 0. The van der Waals surface area contributed by atoms with Crippen LogP contribution in [0.4, 0.5) is 0 Å². The Bertz CT molecular complexity index is 306. The molecule has 0 aliphatic carbocycles. The summed E-state index contributed by atoms with van der Waals surface area (Å²) >= 11 is 0. The highest BCUT2D eigenvalue weighted by Crippen LogP contribution is 2.13. The Balaban J connectivity index is 1.78. The summed E-state index contributed by atoms with van der Waals surface area (Å²) in [6, 6.07) is 0.194. The van der Waals surface area contributed by atoms with E-state index in [0.29, 0.717) is 19.6 Å². The van der Waals surface area contributed by atoms with Crippen LogP contribution in [0, 0.1) is 0 Å². The molecular formula is C12H20N2O3. The van der Waals surface area contributed by atoms with Crippen molar-refractivity contribution in [2.75, 3.05) is 32.8 Å². The number of carbonyl (C=O) groups is 2. The number of rotatable bonds is 4. The molecule has 2 fully saturated rings. The average Bonchev–Trinajstić information content (AvgIpc) is 2.72. The van der Waals surface area contributed by atoms with Crippen molar-refractivity contribution in [2.24, 2.45) is 0 Å². The van der Waals surface area contributed by atoms with E-state index in [2.05, 4.69) is 0 Å². The van der Waals surface area contributed by atoms with Crippen LogP contribution in [0.2, 0.25) is 0 Å². The molecular weight excluding hydrogens is 220 g/mol. The number of ether oxygens (including phenoxy) is 1. The Morgan fingerprint density at radius 2 is 2.12 bits per heavy atom. The van der Waals surface area contributed by atoms with E-state index >= 15 is 0 Å². The van der Waals surface area contributed by atoms with E-state index < -0.39 is 0 Å². The van der Waals surface area contributed by atoms with Gasteiger partial charge in [0, 0.05) is 32.1 Å². The molecule has 2 rings (SSSR count). The van der Waals surface area contributed by atoms with Crippen molar-refractivity contribution in [1.29, 1.82) is 0 Å². The van der Waals surface area contributed by atoms with Gasteiger partial charge in [-0.3, -0.25) is 9.59 Å². The topological polar surface area (TPSA) is 49.9 Å². The zero-order chi connectivity index (χ0) is 12.3. The van der Waals surface area contributed by atoms with Crippen molar-refractivity contribution >= 4 is 11.8 Å². The number of nitrogens with zero attached hydrogens (tertiary/aromatic N) is 2. The summed E-state index contributed by atoms with van der Waals surface area (Å²) in [7, 11) is 0. The van der Waals surface area contributed by atoms with Gasteiger partial charge in [-0.1, -0.05) is 0 Å². The van der Waals surface area contributed by atoms with Gasteiger partial charge in [0.2, 0.25) is 11.8 Å². The molecule has 0 N–H and O–H groups in total. The van der Waals surface area contributed by atoms with Crippen LogP contribution in [0.15, 0.2) is 0 Å². The van der Waals surface area contributed by atoms with E-state index in [1.807, 2.05) is 16.7 Å². The molecule has 0 aromatic carbocycles. The SMILES string of the molecule is CC(CCN1CCCC1=O)N1CCOCC1=O. The van der Waals surface area contributed by atoms with Crippen LogP contribution in [0.25, 0.3) is 0 Å². The monoisotopic (exact) mass is 240 g/mol. The Morgan fingerprint density at radius 3 is 2.76 bits per heavy atom. The van der Waals surface area contributed by atoms with Crippen molar-refractivity contribution in [1.82, 2.24) is 9.80 Å². The largest absolute Gasteiger partial charge is 0.370 e. The summed E-state index contributed by atoms with van der Waals surface area (Å²) in [6.07, 6.45) is 2.52.